The smallest absolute Gasteiger partial charge is 0.460 e. The van der Waals surface area contributed by atoms with Gasteiger partial charge in [0, 0.05) is 0 Å². The topological polar surface area (TPSA) is 44.0 Å². The number of hydrogen-bond acceptors (Lipinski definition) is 2. The van der Waals surface area contributed by atoms with Gasteiger partial charge in [0.1, 0.15) is 11.2 Å². The fourth-order valence-electron chi connectivity index (χ4n) is 5.01. The van der Waals surface area contributed by atoms with Gasteiger partial charge < -0.3 is 5.11 Å². The lowest BCUT2D eigenvalue weighted by molar-refractivity contribution is -0.465. The number of nitrogens with zero attached hydrogens (tertiary/aromatic N) is 1. The molecule has 0 unspecified atom stereocenters. The number of nitriles is 1. The Labute approximate surface area is 247 Å². The maximum Gasteiger partial charge on any atom is 0.460 e. The summed E-state index contributed by atoms with van der Waals surface area (Å²) < 4.78 is 234. The van der Waals surface area contributed by atoms with Gasteiger partial charge in [-0.3, -0.25) is 0 Å². The van der Waals surface area contributed by atoms with E-state index in [1.165, 1.54) is 48.5 Å². The molecule has 1 aliphatic carbocycles. The van der Waals surface area contributed by atoms with E-state index in [1.807, 2.05) is 0 Å². The summed E-state index contributed by atoms with van der Waals surface area (Å²) in [4.78, 5) is 0. The molecular formula is C27H18F17NO. The van der Waals surface area contributed by atoms with Crippen molar-refractivity contribution in [2.75, 3.05) is 0 Å². The van der Waals surface area contributed by atoms with Crippen molar-refractivity contribution < 1.29 is 79.7 Å². The molecule has 1 saturated carbocycles. The first-order valence-corrected chi connectivity index (χ1v) is 12.6. The summed E-state index contributed by atoms with van der Waals surface area (Å²) in [5.74, 6) is -58.2. The zero-order valence-corrected chi connectivity index (χ0v) is 22.3. The highest BCUT2D eigenvalue weighted by atomic mass is 19.4. The highest BCUT2D eigenvalue weighted by molar-refractivity contribution is 5.64. The SMILES string of the molecule is N#CC1(C(F)(F)C(F)(F)C(F)(F)C(F)(F)C(F)(F)C(F)(F)C(F)(F)C(F)(F)F)CCC(c2ccc(-c3ccc(O)cc3)cc2)CC1. The Hall–Kier alpha value is -3.46. The molecule has 19 heteroatoms. The molecule has 2 aromatic carbocycles. The van der Waals surface area contributed by atoms with Crippen LogP contribution in [0.25, 0.3) is 11.1 Å². The number of rotatable bonds is 9. The summed E-state index contributed by atoms with van der Waals surface area (Å²) in [7, 11) is 0. The first kappa shape index (κ1) is 37.0. The maximum atomic E-state index is 15.1. The van der Waals surface area contributed by atoms with E-state index in [0.717, 1.165) is 0 Å². The molecule has 1 aliphatic rings. The van der Waals surface area contributed by atoms with Gasteiger partial charge in [0.15, 0.2) is 0 Å². The Kier molecular flexibility index (Phi) is 8.90. The monoisotopic (exact) mass is 695 g/mol. The molecular weight excluding hydrogens is 677 g/mol. The highest BCUT2D eigenvalue weighted by Gasteiger charge is 2.96. The maximum absolute atomic E-state index is 15.1. The van der Waals surface area contributed by atoms with Gasteiger partial charge in [0.25, 0.3) is 0 Å². The Bertz CT molecular complexity index is 1430. The Morgan fingerprint density at radius 1 is 0.543 bits per heavy atom. The quantitative estimate of drug-likeness (QED) is 0.266. The summed E-state index contributed by atoms with van der Waals surface area (Å²) in [6.45, 7) is 0. The van der Waals surface area contributed by atoms with Crippen LogP contribution in [0.4, 0.5) is 74.6 Å². The van der Waals surface area contributed by atoms with Crippen LogP contribution < -0.4 is 0 Å². The van der Waals surface area contributed by atoms with Gasteiger partial charge in [-0.25, -0.2) is 0 Å². The summed E-state index contributed by atoms with van der Waals surface area (Å²) in [6.07, 6.45) is -12.2. The second-order valence-electron chi connectivity index (χ2n) is 10.7. The minimum absolute atomic E-state index is 0.0536. The summed E-state index contributed by atoms with van der Waals surface area (Å²) >= 11 is 0. The van der Waals surface area contributed by atoms with Crippen LogP contribution in [0.2, 0.25) is 0 Å². The summed E-state index contributed by atoms with van der Waals surface area (Å²) in [6, 6.07) is 12.2. The largest absolute Gasteiger partial charge is 0.508 e. The van der Waals surface area contributed by atoms with E-state index in [9.17, 15) is 76.2 Å². The van der Waals surface area contributed by atoms with Gasteiger partial charge >= 0.3 is 47.6 Å². The number of phenolic OH excluding ortho intramolecular Hbond substituents is 1. The molecule has 0 aliphatic heterocycles. The van der Waals surface area contributed by atoms with E-state index in [4.69, 9.17) is 0 Å². The van der Waals surface area contributed by atoms with E-state index < -0.39 is 84.7 Å². The van der Waals surface area contributed by atoms with Crippen molar-refractivity contribution in [3.8, 4) is 22.9 Å². The third kappa shape index (κ3) is 5.09. The van der Waals surface area contributed by atoms with Crippen LogP contribution in [0.15, 0.2) is 48.5 Å². The van der Waals surface area contributed by atoms with Crippen molar-refractivity contribution in [2.45, 2.75) is 79.2 Å². The number of benzene rings is 2. The third-order valence-corrected chi connectivity index (χ3v) is 7.96. The molecule has 1 fully saturated rings. The first-order chi connectivity index (χ1) is 20.6. The molecule has 0 bridgehead atoms. The average molecular weight is 695 g/mol. The predicted molar refractivity (Wildman–Crippen MR) is 123 cm³/mol. The second-order valence-corrected chi connectivity index (χ2v) is 10.7. The van der Waals surface area contributed by atoms with E-state index in [2.05, 4.69) is 0 Å². The number of halogens is 17. The fraction of sp³-hybridized carbons (Fsp3) is 0.519. The molecule has 0 amide bonds. The lowest BCUT2D eigenvalue weighted by atomic mass is 9.64. The molecule has 3 rings (SSSR count). The molecule has 2 nitrogen and oxygen atoms in total. The minimum atomic E-state index is -8.72. The highest BCUT2D eigenvalue weighted by Crippen LogP contribution is 2.67. The fourth-order valence-corrected chi connectivity index (χ4v) is 5.01. The number of aromatic hydroxyl groups is 1. The normalized spacial score (nSPS) is 21.2. The van der Waals surface area contributed by atoms with Crippen LogP contribution in [0.1, 0.15) is 37.2 Å². The summed E-state index contributed by atoms with van der Waals surface area (Å²) in [5, 5.41) is 18.7. The molecule has 46 heavy (non-hydrogen) atoms. The number of alkyl halides is 17. The van der Waals surface area contributed by atoms with Crippen LogP contribution >= 0.6 is 0 Å². The first-order valence-electron chi connectivity index (χ1n) is 12.6. The number of hydrogen-bond donors (Lipinski definition) is 1. The molecule has 0 atom stereocenters. The minimum Gasteiger partial charge on any atom is -0.508 e. The van der Waals surface area contributed by atoms with Crippen LogP contribution in [-0.2, 0) is 0 Å². The van der Waals surface area contributed by atoms with Gasteiger partial charge in [0.2, 0.25) is 0 Å². The van der Waals surface area contributed by atoms with Crippen molar-refractivity contribution in [1.82, 2.24) is 0 Å². The van der Waals surface area contributed by atoms with Crippen LogP contribution in [0, 0.1) is 16.7 Å². The third-order valence-electron chi connectivity index (χ3n) is 7.96. The average Bonchev–Trinajstić information content (AvgIpc) is 2.96. The molecule has 0 aromatic heterocycles. The lowest BCUT2D eigenvalue weighted by Crippen LogP contribution is -2.75. The molecule has 256 valence electrons. The molecule has 0 spiro atoms. The lowest BCUT2D eigenvalue weighted by Gasteiger charge is -2.47. The van der Waals surface area contributed by atoms with Crippen molar-refractivity contribution in [2.24, 2.45) is 5.41 Å². The predicted octanol–water partition coefficient (Wildman–Crippen LogP) is 10.2. The van der Waals surface area contributed by atoms with E-state index in [-0.39, 0.29) is 5.75 Å². The van der Waals surface area contributed by atoms with E-state index in [1.54, 1.807) is 0 Å². The second kappa shape index (κ2) is 11.1. The number of phenols is 1. The molecule has 0 saturated heterocycles. The molecule has 1 N–H and O–H groups in total. The van der Waals surface area contributed by atoms with Crippen molar-refractivity contribution >= 4 is 0 Å². The van der Waals surface area contributed by atoms with Crippen molar-refractivity contribution in [3.05, 3.63) is 54.1 Å². The van der Waals surface area contributed by atoms with Crippen molar-refractivity contribution in [3.63, 3.8) is 0 Å². The van der Waals surface area contributed by atoms with Crippen LogP contribution in [0.3, 0.4) is 0 Å². The standard InChI is InChI=1S/C27H18F17NO/c28-20(29,21(30,31)22(32,33)23(34,35)24(36,37)25(38,39)26(40,41)27(42,43)44)19(13-45)11-9-17(10-12-19)15-3-1-14(2-4-15)16-5-7-18(46)8-6-16/h1-8,17,46H,9-12H2. The van der Waals surface area contributed by atoms with Gasteiger partial charge in [-0.05, 0) is 60.4 Å². The molecule has 2 aromatic rings. The molecule has 0 radical (unpaired) electrons. The van der Waals surface area contributed by atoms with Crippen LogP contribution in [-0.4, -0.2) is 52.7 Å². The Balaban J connectivity index is 1.93. The zero-order chi connectivity index (χ0) is 35.6. The Morgan fingerprint density at radius 3 is 1.26 bits per heavy atom. The van der Waals surface area contributed by atoms with E-state index >= 15 is 8.78 Å². The summed E-state index contributed by atoms with van der Waals surface area (Å²) in [5.41, 5.74) is -2.56. The van der Waals surface area contributed by atoms with E-state index in [0.29, 0.717) is 22.8 Å². The zero-order valence-electron chi connectivity index (χ0n) is 22.3. The Morgan fingerprint density at radius 2 is 0.891 bits per heavy atom. The van der Waals surface area contributed by atoms with Gasteiger partial charge in [-0.15, -0.1) is 0 Å². The van der Waals surface area contributed by atoms with Crippen molar-refractivity contribution in [1.29, 1.82) is 5.26 Å². The van der Waals surface area contributed by atoms with Gasteiger partial charge in [0.05, 0.1) is 6.07 Å². The van der Waals surface area contributed by atoms with Crippen LogP contribution in [0.5, 0.6) is 5.75 Å². The van der Waals surface area contributed by atoms with Gasteiger partial charge in [-0.2, -0.15) is 79.9 Å². The molecule has 0 heterocycles. The van der Waals surface area contributed by atoms with Gasteiger partial charge in [-0.1, -0.05) is 36.4 Å².